The predicted molar refractivity (Wildman–Crippen MR) is 139 cm³/mol. The van der Waals surface area contributed by atoms with Crippen molar-refractivity contribution in [2.24, 2.45) is 5.92 Å². The summed E-state index contributed by atoms with van der Waals surface area (Å²) >= 11 is 0. The van der Waals surface area contributed by atoms with Gasteiger partial charge in [-0.3, -0.25) is 4.90 Å². The predicted octanol–water partition coefficient (Wildman–Crippen LogP) is 4.75. The van der Waals surface area contributed by atoms with E-state index in [4.69, 9.17) is 18.7 Å². The van der Waals surface area contributed by atoms with Crippen molar-refractivity contribution in [3.63, 3.8) is 0 Å². The number of aromatic nitrogens is 2. The van der Waals surface area contributed by atoms with Crippen molar-refractivity contribution < 1.29 is 28.3 Å². The molecule has 0 atom stereocenters. The number of carbonyl (C=O) groups is 2. The summed E-state index contributed by atoms with van der Waals surface area (Å²) in [4.78, 5) is 31.1. The molecule has 1 saturated heterocycles. The summed E-state index contributed by atoms with van der Waals surface area (Å²) in [5.41, 5.74) is 1.72. The number of esters is 2. The van der Waals surface area contributed by atoms with Crippen LogP contribution in [0.25, 0.3) is 11.5 Å². The van der Waals surface area contributed by atoms with Gasteiger partial charge < -0.3 is 18.7 Å². The quantitative estimate of drug-likeness (QED) is 0.226. The van der Waals surface area contributed by atoms with Crippen LogP contribution < -0.4 is 14.2 Å². The van der Waals surface area contributed by atoms with Crippen LogP contribution in [0.4, 0.5) is 0 Å². The number of carbonyl (C=O) groups excluding carboxylic acids is 2. The molecule has 1 fully saturated rings. The van der Waals surface area contributed by atoms with Gasteiger partial charge in [-0.15, -0.1) is 0 Å². The maximum absolute atomic E-state index is 12.1. The third-order valence-electron chi connectivity index (χ3n) is 6.97. The number of aryl methyl sites for hydroxylation is 1. The Balaban J connectivity index is 1.14. The van der Waals surface area contributed by atoms with Crippen molar-refractivity contribution in [1.29, 1.82) is 0 Å². The highest BCUT2D eigenvalue weighted by Crippen LogP contribution is 2.45. The van der Waals surface area contributed by atoms with Gasteiger partial charge >= 0.3 is 11.9 Å². The Hall–Kier alpha value is -3.98. The van der Waals surface area contributed by atoms with E-state index in [-0.39, 0.29) is 23.1 Å². The van der Waals surface area contributed by atoms with Crippen LogP contribution in [0.3, 0.4) is 0 Å². The third-order valence-corrected chi connectivity index (χ3v) is 6.97. The summed E-state index contributed by atoms with van der Waals surface area (Å²) < 4.78 is 21.5. The van der Waals surface area contributed by atoms with Crippen molar-refractivity contribution in [3.8, 4) is 28.7 Å². The van der Waals surface area contributed by atoms with Gasteiger partial charge in [0, 0.05) is 25.1 Å². The first-order valence-electron chi connectivity index (χ1n) is 13.0. The molecule has 0 amide bonds. The lowest BCUT2D eigenvalue weighted by Crippen LogP contribution is -2.33. The molecule has 0 N–H and O–H groups in total. The lowest BCUT2D eigenvalue weighted by Gasteiger charge is -2.32. The first-order valence-corrected chi connectivity index (χ1v) is 13.0. The normalized spacial score (nSPS) is 17.2. The monoisotopic (exact) mass is 517 g/mol. The van der Waals surface area contributed by atoms with Gasteiger partial charge in [-0.2, -0.15) is 4.98 Å². The minimum atomic E-state index is -0.719. The number of rotatable bonds is 9. The van der Waals surface area contributed by atoms with Crippen LogP contribution in [0.1, 0.15) is 43.5 Å². The molecule has 0 spiro atoms. The van der Waals surface area contributed by atoms with Crippen molar-refractivity contribution >= 4 is 11.9 Å². The van der Waals surface area contributed by atoms with Gasteiger partial charge in [0.15, 0.2) is 17.3 Å². The molecule has 3 aromatic rings. The van der Waals surface area contributed by atoms with Crippen LogP contribution in [0.2, 0.25) is 0 Å². The van der Waals surface area contributed by atoms with E-state index in [0.717, 1.165) is 50.5 Å². The summed E-state index contributed by atoms with van der Waals surface area (Å²) in [7, 11) is 1.43. The average Bonchev–Trinajstić information content (AvgIpc) is 3.40. The number of methoxy groups -OCH3 is 1. The van der Waals surface area contributed by atoms with E-state index < -0.39 is 11.9 Å². The van der Waals surface area contributed by atoms with E-state index in [1.165, 1.54) is 31.9 Å². The fourth-order valence-electron chi connectivity index (χ4n) is 4.93. The Bertz CT molecular complexity index is 1290. The molecule has 198 valence electrons. The molecule has 2 aliphatic heterocycles. The van der Waals surface area contributed by atoms with E-state index in [1.807, 2.05) is 0 Å². The van der Waals surface area contributed by atoms with Crippen LogP contribution in [0, 0.1) is 5.92 Å². The van der Waals surface area contributed by atoms with Gasteiger partial charge in [-0.25, -0.2) is 9.59 Å². The summed E-state index contributed by atoms with van der Waals surface area (Å²) in [6.45, 7) is 3.33. The first-order chi connectivity index (χ1) is 18.6. The molecule has 5 rings (SSSR count). The minimum absolute atomic E-state index is 0.000793. The summed E-state index contributed by atoms with van der Waals surface area (Å²) in [5.74, 6) is 0.311. The summed E-state index contributed by atoms with van der Waals surface area (Å²) in [6, 6.07) is 13.9. The molecule has 0 aliphatic carbocycles. The highest BCUT2D eigenvalue weighted by molar-refractivity contribution is 5.96. The molecule has 9 heteroatoms. The number of fused-ring (bicyclic) bond motifs is 1. The molecule has 0 bridgehead atoms. The molecule has 2 aliphatic rings. The third kappa shape index (κ3) is 6.28. The Labute approximate surface area is 221 Å². The van der Waals surface area contributed by atoms with Crippen molar-refractivity contribution in [2.75, 3.05) is 20.2 Å². The van der Waals surface area contributed by atoms with Gasteiger partial charge in [0.2, 0.25) is 5.75 Å². The number of unbranched alkanes of at least 4 members (excludes halogenated alkanes) is 1. The van der Waals surface area contributed by atoms with Crippen molar-refractivity contribution in [1.82, 2.24) is 15.0 Å². The number of likely N-dealkylation sites (tertiary alicyclic amines) is 1. The van der Waals surface area contributed by atoms with E-state index >= 15 is 0 Å². The van der Waals surface area contributed by atoms with Gasteiger partial charge in [0.25, 0.3) is 5.89 Å². The van der Waals surface area contributed by atoms with Gasteiger partial charge in [-0.1, -0.05) is 48.3 Å². The molecule has 1 aromatic heterocycles. The maximum Gasteiger partial charge on any atom is 0.336 e. The van der Waals surface area contributed by atoms with Crippen molar-refractivity contribution in [2.45, 2.75) is 45.1 Å². The molecule has 3 heterocycles. The zero-order chi connectivity index (χ0) is 26.3. The number of benzene rings is 2. The second-order valence-electron chi connectivity index (χ2n) is 9.62. The Kier molecular flexibility index (Phi) is 8.13. The number of hydrogen-bond acceptors (Lipinski definition) is 9. The molecular weight excluding hydrogens is 486 g/mol. The average molecular weight is 518 g/mol. The molecule has 0 saturated carbocycles. The first kappa shape index (κ1) is 25.7. The Morgan fingerprint density at radius 3 is 2.42 bits per heavy atom. The molecule has 2 aromatic carbocycles. The summed E-state index contributed by atoms with van der Waals surface area (Å²) in [5, 5.41) is 4.11. The van der Waals surface area contributed by atoms with E-state index in [9.17, 15) is 9.59 Å². The summed E-state index contributed by atoms with van der Waals surface area (Å²) in [6.07, 6.45) is 8.42. The molecule has 9 nitrogen and oxygen atoms in total. The fourth-order valence-corrected chi connectivity index (χ4v) is 4.93. The standard InChI is InChI=1S/C29H31N3O6/c1-35-23-12-11-22(27-28(23)37-26(34)14-13-25(33)36-27)29-30-24(31-38-29)10-6-5-7-20-15-17-32(18-16-20)19-21-8-3-2-4-9-21/h2-4,8-9,11-14,20H,5-7,10,15-19H2,1H3/b14-13+. The highest BCUT2D eigenvalue weighted by Gasteiger charge is 2.27. The second-order valence-corrected chi connectivity index (χ2v) is 9.62. The van der Waals surface area contributed by atoms with E-state index in [2.05, 4.69) is 45.4 Å². The molecular formula is C29H31N3O6. The van der Waals surface area contributed by atoms with Crippen LogP contribution in [-0.2, 0) is 22.6 Å². The van der Waals surface area contributed by atoms with Gasteiger partial charge in [0.1, 0.15) is 0 Å². The number of piperidine rings is 1. The number of ether oxygens (including phenoxy) is 3. The van der Waals surface area contributed by atoms with Crippen LogP contribution in [-0.4, -0.2) is 47.2 Å². The van der Waals surface area contributed by atoms with E-state index in [0.29, 0.717) is 17.8 Å². The molecule has 38 heavy (non-hydrogen) atoms. The lowest BCUT2D eigenvalue weighted by atomic mass is 9.91. The maximum atomic E-state index is 12.1. The lowest BCUT2D eigenvalue weighted by molar-refractivity contribution is -0.133. The zero-order valence-electron chi connectivity index (χ0n) is 21.4. The molecule has 0 radical (unpaired) electrons. The smallest absolute Gasteiger partial charge is 0.336 e. The van der Waals surface area contributed by atoms with E-state index in [1.54, 1.807) is 12.1 Å². The van der Waals surface area contributed by atoms with Gasteiger partial charge in [-0.05, 0) is 56.0 Å². The second kappa shape index (κ2) is 12.0. The number of hydrogen-bond donors (Lipinski definition) is 0. The molecule has 0 unspecified atom stereocenters. The Morgan fingerprint density at radius 1 is 0.947 bits per heavy atom. The topological polar surface area (TPSA) is 104 Å². The highest BCUT2D eigenvalue weighted by atomic mass is 16.6. The van der Waals surface area contributed by atoms with Crippen molar-refractivity contribution in [3.05, 3.63) is 66.0 Å². The minimum Gasteiger partial charge on any atom is -0.493 e. The fraction of sp³-hybridized carbons (Fsp3) is 0.379. The SMILES string of the molecule is COc1ccc(-c2nc(CCCCC3CCN(Cc4ccccc4)CC3)no2)c2c1OC(=O)/C=C/C(=O)O2. The van der Waals surface area contributed by atoms with Crippen LogP contribution >= 0.6 is 0 Å². The van der Waals surface area contributed by atoms with Crippen LogP contribution in [0.15, 0.2) is 59.1 Å². The zero-order valence-corrected chi connectivity index (χ0v) is 21.4. The van der Waals surface area contributed by atoms with Crippen LogP contribution in [0.5, 0.6) is 17.2 Å². The number of nitrogens with zero attached hydrogens (tertiary/aromatic N) is 3. The Morgan fingerprint density at radius 2 is 1.68 bits per heavy atom. The largest absolute Gasteiger partial charge is 0.493 e. The van der Waals surface area contributed by atoms with Gasteiger partial charge in [0.05, 0.1) is 12.7 Å².